The Kier molecular flexibility index (Phi) is 5.27. The van der Waals surface area contributed by atoms with Gasteiger partial charge in [-0.3, -0.25) is 0 Å². The second-order valence-electron chi connectivity index (χ2n) is 7.04. The quantitative estimate of drug-likeness (QED) is 0.754. The lowest BCUT2D eigenvalue weighted by molar-refractivity contribution is 0.206. The summed E-state index contributed by atoms with van der Waals surface area (Å²) in [4.78, 5) is 10.7. The van der Waals surface area contributed by atoms with Crippen LogP contribution in [0.4, 0.5) is 5.82 Å². The molecule has 0 aliphatic carbocycles. The van der Waals surface area contributed by atoms with E-state index in [0.717, 1.165) is 24.5 Å². The van der Waals surface area contributed by atoms with E-state index in [9.17, 15) is 8.42 Å². The van der Waals surface area contributed by atoms with Crippen LogP contribution in [0.5, 0.6) is 5.88 Å². The SMILES string of the molecule is O=S(=O)(Cc1ccccc1)N1CCC(Oc2cc(N3CCCC3)ncn2)C1. The summed E-state index contributed by atoms with van der Waals surface area (Å²) in [5, 5.41) is 0. The minimum Gasteiger partial charge on any atom is -0.473 e. The second-order valence-corrected chi connectivity index (χ2v) is 9.01. The zero-order valence-corrected chi connectivity index (χ0v) is 16.0. The summed E-state index contributed by atoms with van der Waals surface area (Å²) in [6.45, 7) is 2.85. The molecule has 0 amide bonds. The topological polar surface area (TPSA) is 75.6 Å². The molecule has 2 aliphatic heterocycles. The van der Waals surface area contributed by atoms with Gasteiger partial charge in [0, 0.05) is 25.7 Å². The van der Waals surface area contributed by atoms with Crippen molar-refractivity contribution in [3.8, 4) is 5.88 Å². The number of nitrogens with zero attached hydrogens (tertiary/aromatic N) is 4. The molecule has 2 fully saturated rings. The van der Waals surface area contributed by atoms with Crippen molar-refractivity contribution in [3.63, 3.8) is 0 Å². The van der Waals surface area contributed by atoms with Crippen molar-refractivity contribution in [2.75, 3.05) is 31.1 Å². The fourth-order valence-corrected chi connectivity index (χ4v) is 5.18. The molecule has 2 aliphatic rings. The fourth-order valence-electron chi connectivity index (χ4n) is 3.61. The van der Waals surface area contributed by atoms with Gasteiger partial charge in [-0.15, -0.1) is 0 Å². The lowest BCUT2D eigenvalue weighted by Gasteiger charge is -2.19. The molecule has 7 nitrogen and oxygen atoms in total. The number of aromatic nitrogens is 2. The van der Waals surface area contributed by atoms with Crippen LogP contribution < -0.4 is 9.64 Å². The van der Waals surface area contributed by atoms with Crippen molar-refractivity contribution >= 4 is 15.8 Å². The highest BCUT2D eigenvalue weighted by Gasteiger charge is 2.33. The van der Waals surface area contributed by atoms with Crippen LogP contribution in [0.2, 0.25) is 0 Å². The molecular weight excluding hydrogens is 364 g/mol. The largest absolute Gasteiger partial charge is 0.473 e. The van der Waals surface area contributed by atoms with E-state index in [1.807, 2.05) is 36.4 Å². The summed E-state index contributed by atoms with van der Waals surface area (Å²) in [5.74, 6) is 1.41. The van der Waals surface area contributed by atoms with Crippen LogP contribution in [0.25, 0.3) is 0 Å². The molecule has 4 rings (SSSR count). The summed E-state index contributed by atoms with van der Waals surface area (Å²) < 4.78 is 32.8. The molecule has 8 heteroatoms. The third-order valence-corrected chi connectivity index (χ3v) is 6.85. The van der Waals surface area contributed by atoms with E-state index >= 15 is 0 Å². The van der Waals surface area contributed by atoms with E-state index in [0.29, 0.717) is 25.4 Å². The average molecular weight is 388 g/mol. The molecule has 0 radical (unpaired) electrons. The van der Waals surface area contributed by atoms with Crippen LogP contribution in [0.3, 0.4) is 0 Å². The molecule has 1 aromatic carbocycles. The van der Waals surface area contributed by atoms with Crippen molar-refractivity contribution in [2.24, 2.45) is 0 Å². The predicted molar refractivity (Wildman–Crippen MR) is 103 cm³/mol. The molecule has 1 aromatic heterocycles. The van der Waals surface area contributed by atoms with E-state index in [2.05, 4.69) is 14.9 Å². The normalized spacial score (nSPS) is 20.9. The molecule has 0 N–H and O–H groups in total. The molecule has 2 saturated heterocycles. The molecule has 0 saturated carbocycles. The summed E-state index contributed by atoms with van der Waals surface area (Å²) in [7, 11) is -3.35. The van der Waals surface area contributed by atoms with Crippen molar-refractivity contribution in [3.05, 3.63) is 48.3 Å². The van der Waals surface area contributed by atoms with E-state index in [4.69, 9.17) is 4.74 Å². The Morgan fingerprint density at radius 2 is 1.85 bits per heavy atom. The predicted octanol–water partition coefficient (Wildman–Crippen LogP) is 2.06. The molecule has 0 bridgehead atoms. The van der Waals surface area contributed by atoms with Gasteiger partial charge in [-0.2, -0.15) is 4.31 Å². The minimum atomic E-state index is -3.35. The second kappa shape index (κ2) is 7.82. The third kappa shape index (κ3) is 4.39. The summed E-state index contributed by atoms with van der Waals surface area (Å²) in [6, 6.07) is 11.1. The van der Waals surface area contributed by atoms with Crippen LogP contribution in [-0.4, -0.2) is 55.0 Å². The zero-order chi connectivity index (χ0) is 18.7. The Balaban J connectivity index is 1.37. The van der Waals surface area contributed by atoms with Gasteiger partial charge in [0.15, 0.2) is 0 Å². The zero-order valence-electron chi connectivity index (χ0n) is 15.2. The highest BCUT2D eigenvalue weighted by molar-refractivity contribution is 7.88. The van der Waals surface area contributed by atoms with Crippen LogP contribution in [0, 0.1) is 0 Å². The number of sulfonamides is 1. The number of hydrogen-bond acceptors (Lipinski definition) is 6. The van der Waals surface area contributed by atoms with Crippen LogP contribution in [-0.2, 0) is 15.8 Å². The van der Waals surface area contributed by atoms with Gasteiger partial charge in [-0.1, -0.05) is 30.3 Å². The standard InChI is InChI=1S/C19H24N4O3S/c24-27(25,14-16-6-2-1-3-7-16)23-11-8-17(13-23)26-19-12-18(20-15-21-19)22-9-4-5-10-22/h1-3,6-7,12,15,17H,4-5,8-11,13-14H2. The monoisotopic (exact) mass is 388 g/mol. The molecule has 1 atom stereocenters. The van der Waals surface area contributed by atoms with Crippen molar-refractivity contribution in [1.29, 1.82) is 0 Å². The maximum Gasteiger partial charge on any atom is 0.218 e. The summed E-state index contributed by atoms with van der Waals surface area (Å²) in [6.07, 6.45) is 4.35. The highest BCUT2D eigenvalue weighted by Crippen LogP contribution is 2.24. The number of hydrogen-bond donors (Lipinski definition) is 0. The molecule has 3 heterocycles. The van der Waals surface area contributed by atoms with Crippen molar-refractivity contribution in [1.82, 2.24) is 14.3 Å². The Labute approximate surface area is 160 Å². The van der Waals surface area contributed by atoms with Crippen LogP contribution >= 0.6 is 0 Å². The van der Waals surface area contributed by atoms with Gasteiger partial charge >= 0.3 is 0 Å². The van der Waals surface area contributed by atoms with E-state index in [-0.39, 0.29) is 11.9 Å². The highest BCUT2D eigenvalue weighted by atomic mass is 32.2. The van der Waals surface area contributed by atoms with Gasteiger partial charge in [0.05, 0.1) is 12.3 Å². The van der Waals surface area contributed by atoms with Crippen molar-refractivity contribution in [2.45, 2.75) is 31.1 Å². The maximum atomic E-state index is 12.7. The van der Waals surface area contributed by atoms with Crippen molar-refractivity contribution < 1.29 is 13.2 Å². The molecule has 2 aromatic rings. The van der Waals surface area contributed by atoms with Gasteiger partial charge < -0.3 is 9.64 Å². The van der Waals surface area contributed by atoms with E-state index < -0.39 is 10.0 Å². The Bertz CT molecular complexity index is 870. The summed E-state index contributed by atoms with van der Waals surface area (Å²) in [5.41, 5.74) is 0.799. The number of anilines is 1. The Hall–Kier alpha value is -2.19. The molecule has 0 spiro atoms. The number of ether oxygens (including phenoxy) is 1. The first-order valence-corrected chi connectivity index (χ1v) is 11.0. The smallest absolute Gasteiger partial charge is 0.218 e. The van der Waals surface area contributed by atoms with Gasteiger partial charge in [-0.25, -0.2) is 18.4 Å². The number of benzene rings is 1. The van der Waals surface area contributed by atoms with Gasteiger partial charge in [-0.05, 0) is 24.8 Å². The Morgan fingerprint density at radius 1 is 1.07 bits per heavy atom. The minimum absolute atomic E-state index is 0.0210. The molecule has 1 unspecified atom stereocenters. The third-order valence-electron chi connectivity index (χ3n) is 5.04. The average Bonchev–Trinajstić information content (AvgIpc) is 3.35. The first kappa shape index (κ1) is 18.2. The van der Waals surface area contributed by atoms with Crippen LogP contribution in [0.15, 0.2) is 42.7 Å². The fraction of sp³-hybridized carbons (Fsp3) is 0.474. The number of rotatable bonds is 6. The van der Waals surface area contributed by atoms with Crippen LogP contribution in [0.1, 0.15) is 24.8 Å². The molecule has 144 valence electrons. The molecule has 27 heavy (non-hydrogen) atoms. The van der Waals surface area contributed by atoms with Gasteiger partial charge in [0.25, 0.3) is 0 Å². The maximum absolute atomic E-state index is 12.7. The first-order valence-electron chi connectivity index (χ1n) is 9.35. The van der Waals surface area contributed by atoms with E-state index in [1.54, 1.807) is 0 Å². The lowest BCUT2D eigenvalue weighted by atomic mass is 10.2. The van der Waals surface area contributed by atoms with E-state index in [1.165, 1.54) is 23.5 Å². The lowest BCUT2D eigenvalue weighted by Crippen LogP contribution is -2.32. The van der Waals surface area contributed by atoms with Gasteiger partial charge in [0.1, 0.15) is 18.2 Å². The Morgan fingerprint density at radius 3 is 2.63 bits per heavy atom. The molecular formula is C19H24N4O3S. The van der Waals surface area contributed by atoms with Gasteiger partial charge in [0.2, 0.25) is 15.9 Å². The first-order chi connectivity index (χ1) is 13.1. The summed E-state index contributed by atoms with van der Waals surface area (Å²) >= 11 is 0.